The van der Waals surface area contributed by atoms with Crippen molar-refractivity contribution in [1.82, 2.24) is 5.32 Å². The van der Waals surface area contributed by atoms with Crippen molar-refractivity contribution in [3.05, 3.63) is 28.8 Å². The highest BCUT2D eigenvalue weighted by atomic mass is 35.5. The Morgan fingerprint density at radius 1 is 1.48 bits per heavy atom. The molecule has 1 aromatic carbocycles. The summed E-state index contributed by atoms with van der Waals surface area (Å²) in [6, 6.07) is 4.32. The molecule has 1 aliphatic rings. The molecule has 0 radical (unpaired) electrons. The molecule has 2 rings (SSSR count). The molecule has 6 nitrogen and oxygen atoms in total. The first kappa shape index (κ1) is 15.8. The molecule has 0 saturated carbocycles. The fourth-order valence-electron chi connectivity index (χ4n) is 2.17. The summed E-state index contributed by atoms with van der Waals surface area (Å²) < 4.78 is 5.40. The molecule has 0 aromatic heterocycles. The van der Waals surface area contributed by atoms with Crippen molar-refractivity contribution in [1.29, 1.82) is 0 Å². The molecule has 1 fully saturated rings. The number of rotatable bonds is 5. The van der Waals surface area contributed by atoms with Gasteiger partial charge in [0.15, 0.2) is 0 Å². The first-order chi connectivity index (χ1) is 9.97. The van der Waals surface area contributed by atoms with E-state index in [9.17, 15) is 9.59 Å². The van der Waals surface area contributed by atoms with Crippen LogP contribution in [0, 0.1) is 0 Å². The van der Waals surface area contributed by atoms with E-state index in [1.807, 2.05) is 6.92 Å². The lowest BCUT2D eigenvalue weighted by Crippen LogP contribution is -2.39. The number of carboxylic acids is 1. The molecule has 21 heavy (non-hydrogen) atoms. The van der Waals surface area contributed by atoms with Crippen LogP contribution in [-0.2, 0) is 9.53 Å². The highest BCUT2D eigenvalue weighted by Gasteiger charge is 2.24. The largest absolute Gasteiger partial charge is 0.478 e. The molecule has 0 spiro atoms. The first-order valence-corrected chi connectivity index (χ1v) is 7.03. The van der Waals surface area contributed by atoms with Crippen LogP contribution in [0.3, 0.4) is 0 Å². The van der Waals surface area contributed by atoms with Crippen molar-refractivity contribution in [3.8, 4) is 0 Å². The Morgan fingerprint density at radius 2 is 2.24 bits per heavy atom. The van der Waals surface area contributed by atoms with Gasteiger partial charge in [0, 0.05) is 12.6 Å². The normalized spacial score (nSPS) is 21.2. The highest BCUT2D eigenvalue weighted by Crippen LogP contribution is 2.23. The second-order valence-electron chi connectivity index (χ2n) is 4.90. The minimum atomic E-state index is -1.07. The Hall–Kier alpha value is -1.63. The van der Waals surface area contributed by atoms with E-state index >= 15 is 0 Å². The van der Waals surface area contributed by atoms with Crippen molar-refractivity contribution in [2.45, 2.75) is 25.5 Å². The van der Waals surface area contributed by atoms with E-state index in [0.29, 0.717) is 17.3 Å². The van der Waals surface area contributed by atoms with Crippen LogP contribution in [0.2, 0.25) is 5.02 Å². The maximum atomic E-state index is 11.9. The van der Waals surface area contributed by atoms with E-state index in [0.717, 1.165) is 6.42 Å². The summed E-state index contributed by atoms with van der Waals surface area (Å²) in [5.41, 5.74) is 0.361. The van der Waals surface area contributed by atoms with E-state index in [-0.39, 0.29) is 30.2 Å². The molecule has 7 heteroatoms. The molecule has 0 aliphatic carbocycles. The second-order valence-corrected chi connectivity index (χ2v) is 5.31. The minimum Gasteiger partial charge on any atom is -0.478 e. The Balaban J connectivity index is 1.93. The third-order valence-electron chi connectivity index (χ3n) is 3.39. The van der Waals surface area contributed by atoms with Gasteiger partial charge in [-0.3, -0.25) is 4.79 Å². The molecule has 2 atom stereocenters. The average molecular weight is 313 g/mol. The number of nitrogens with one attached hydrogen (secondary N) is 2. The quantitative estimate of drug-likeness (QED) is 0.771. The van der Waals surface area contributed by atoms with Gasteiger partial charge in [0.25, 0.3) is 0 Å². The standard InChI is InChI=1S/C14H17ClN2O4/c1-8-11(4-5-21-8)16-7-13(18)17-12-6-9(14(19)20)2-3-10(12)15/h2-3,6,8,11,16H,4-5,7H2,1H3,(H,17,18)(H,19,20). The third kappa shape index (κ3) is 4.17. The molecule has 1 aromatic rings. The summed E-state index contributed by atoms with van der Waals surface area (Å²) in [5.74, 6) is -1.35. The predicted molar refractivity (Wildman–Crippen MR) is 78.9 cm³/mol. The number of anilines is 1. The van der Waals surface area contributed by atoms with Crippen LogP contribution >= 0.6 is 11.6 Å². The van der Waals surface area contributed by atoms with E-state index in [2.05, 4.69) is 10.6 Å². The molecule has 1 amide bonds. The number of carbonyl (C=O) groups is 2. The minimum absolute atomic E-state index is 0.0699. The van der Waals surface area contributed by atoms with Crippen molar-refractivity contribution in [2.75, 3.05) is 18.5 Å². The van der Waals surface area contributed by atoms with E-state index < -0.39 is 5.97 Å². The summed E-state index contributed by atoms with van der Waals surface area (Å²) in [6.07, 6.45) is 0.945. The van der Waals surface area contributed by atoms with Gasteiger partial charge in [0.2, 0.25) is 5.91 Å². The van der Waals surface area contributed by atoms with Gasteiger partial charge in [-0.25, -0.2) is 4.79 Å². The Kier molecular flexibility index (Phi) is 5.17. The van der Waals surface area contributed by atoms with Crippen molar-refractivity contribution in [3.63, 3.8) is 0 Å². The van der Waals surface area contributed by atoms with Crippen LogP contribution in [0.15, 0.2) is 18.2 Å². The molecular formula is C14H17ClN2O4. The number of halogens is 1. The van der Waals surface area contributed by atoms with E-state index in [4.69, 9.17) is 21.4 Å². The smallest absolute Gasteiger partial charge is 0.335 e. The van der Waals surface area contributed by atoms with Gasteiger partial charge in [-0.15, -0.1) is 0 Å². The van der Waals surface area contributed by atoms with Crippen LogP contribution in [0.4, 0.5) is 5.69 Å². The van der Waals surface area contributed by atoms with Crippen LogP contribution < -0.4 is 10.6 Å². The number of amides is 1. The SMILES string of the molecule is CC1OCCC1NCC(=O)Nc1cc(C(=O)O)ccc1Cl. The van der Waals surface area contributed by atoms with Gasteiger partial charge in [-0.1, -0.05) is 11.6 Å². The topological polar surface area (TPSA) is 87.7 Å². The fraction of sp³-hybridized carbons (Fsp3) is 0.429. The van der Waals surface area contributed by atoms with E-state index in [1.165, 1.54) is 18.2 Å². The fourth-order valence-corrected chi connectivity index (χ4v) is 2.34. The maximum Gasteiger partial charge on any atom is 0.335 e. The predicted octanol–water partition coefficient (Wildman–Crippen LogP) is 1.74. The molecule has 1 heterocycles. The summed E-state index contributed by atoms with van der Waals surface area (Å²) in [4.78, 5) is 22.8. The Labute approximate surface area is 127 Å². The average Bonchev–Trinajstić information content (AvgIpc) is 2.84. The van der Waals surface area contributed by atoms with Gasteiger partial charge in [0.05, 0.1) is 28.9 Å². The monoisotopic (exact) mass is 312 g/mol. The number of hydrogen-bond donors (Lipinski definition) is 3. The highest BCUT2D eigenvalue weighted by molar-refractivity contribution is 6.33. The van der Waals surface area contributed by atoms with Gasteiger partial charge in [-0.2, -0.15) is 0 Å². The van der Waals surface area contributed by atoms with Gasteiger partial charge < -0.3 is 20.5 Å². The molecule has 1 saturated heterocycles. The molecule has 2 unspecified atom stereocenters. The summed E-state index contributed by atoms with van der Waals surface area (Å²) in [5, 5.41) is 14.9. The van der Waals surface area contributed by atoms with Crippen molar-refractivity contribution in [2.24, 2.45) is 0 Å². The van der Waals surface area contributed by atoms with Gasteiger partial charge in [0.1, 0.15) is 0 Å². The lowest BCUT2D eigenvalue weighted by Gasteiger charge is -2.16. The zero-order valence-corrected chi connectivity index (χ0v) is 12.3. The summed E-state index contributed by atoms with van der Waals surface area (Å²) in [7, 11) is 0. The number of carboxylic acid groups (broad SMARTS) is 1. The number of benzene rings is 1. The van der Waals surface area contributed by atoms with Crippen LogP contribution in [-0.4, -0.2) is 42.3 Å². The number of hydrogen-bond acceptors (Lipinski definition) is 4. The Morgan fingerprint density at radius 3 is 2.86 bits per heavy atom. The lowest BCUT2D eigenvalue weighted by molar-refractivity contribution is -0.115. The van der Waals surface area contributed by atoms with Crippen LogP contribution in [0.1, 0.15) is 23.7 Å². The number of ether oxygens (including phenoxy) is 1. The van der Waals surface area contributed by atoms with Crippen LogP contribution in [0.5, 0.6) is 0 Å². The molecule has 0 bridgehead atoms. The maximum absolute atomic E-state index is 11.9. The van der Waals surface area contributed by atoms with Crippen LogP contribution in [0.25, 0.3) is 0 Å². The van der Waals surface area contributed by atoms with Gasteiger partial charge >= 0.3 is 5.97 Å². The number of carbonyl (C=O) groups excluding carboxylic acids is 1. The lowest BCUT2D eigenvalue weighted by atomic mass is 10.1. The molecule has 3 N–H and O–H groups in total. The molecule has 1 aliphatic heterocycles. The zero-order chi connectivity index (χ0) is 15.4. The molecular weight excluding hydrogens is 296 g/mol. The van der Waals surface area contributed by atoms with Crippen molar-refractivity contribution < 1.29 is 19.4 Å². The van der Waals surface area contributed by atoms with Crippen molar-refractivity contribution >= 4 is 29.2 Å². The zero-order valence-electron chi connectivity index (χ0n) is 11.6. The third-order valence-corrected chi connectivity index (χ3v) is 3.72. The number of aromatic carboxylic acids is 1. The summed E-state index contributed by atoms with van der Waals surface area (Å²) >= 11 is 5.95. The first-order valence-electron chi connectivity index (χ1n) is 6.65. The Bertz CT molecular complexity index is 550. The second kappa shape index (κ2) is 6.89. The van der Waals surface area contributed by atoms with Gasteiger partial charge in [-0.05, 0) is 31.5 Å². The molecule has 114 valence electrons. The van der Waals surface area contributed by atoms with E-state index in [1.54, 1.807) is 0 Å². The summed E-state index contributed by atoms with van der Waals surface area (Å²) in [6.45, 7) is 2.76.